The molecule has 0 radical (unpaired) electrons. The Bertz CT molecular complexity index is 514. The van der Waals surface area contributed by atoms with Gasteiger partial charge < -0.3 is 10.0 Å². The molecule has 6 heteroatoms. The van der Waals surface area contributed by atoms with Crippen molar-refractivity contribution in [2.45, 2.75) is 46.1 Å². The van der Waals surface area contributed by atoms with Crippen LogP contribution >= 0.6 is 0 Å². The molecule has 0 aliphatic heterocycles. The molecule has 0 aromatic heterocycles. The molecule has 0 saturated carbocycles. The number of benzene rings is 1. The number of carboxylic acid groups (broad SMARTS) is 1. The SMILES string of the molecule is CCCCCN(c1ccc([N+](=O)[O-])cc1C(=O)O)C(C)C. The van der Waals surface area contributed by atoms with Crippen LogP contribution in [0.4, 0.5) is 11.4 Å². The number of nitro groups is 1. The van der Waals surface area contributed by atoms with Gasteiger partial charge >= 0.3 is 5.97 Å². The zero-order valence-corrected chi connectivity index (χ0v) is 12.7. The molecule has 1 rings (SSSR count). The topological polar surface area (TPSA) is 83.7 Å². The van der Waals surface area contributed by atoms with E-state index >= 15 is 0 Å². The van der Waals surface area contributed by atoms with Crippen LogP contribution in [0.25, 0.3) is 0 Å². The summed E-state index contributed by atoms with van der Waals surface area (Å²) < 4.78 is 0. The average molecular weight is 294 g/mol. The van der Waals surface area contributed by atoms with Gasteiger partial charge in [0, 0.05) is 24.7 Å². The van der Waals surface area contributed by atoms with Crippen LogP contribution in [0.5, 0.6) is 0 Å². The highest BCUT2D eigenvalue weighted by atomic mass is 16.6. The van der Waals surface area contributed by atoms with Gasteiger partial charge in [0.1, 0.15) is 0 Å². The lowest BCUT2D eigenvalue weighted by Crippen LogP contribution is -2.33. The predicted molar refractivity (Wildman–Crippen MR) is 82.1 cm³/mol. The Morgan fingerprint density at radius 1 is 1.38 bits per heavy atom. The number of carboxylic acids is 1. The van der Waals surface area contributed by atoms with E-state index in [2.05, 4.69) is 6.92 Å². The number of unbranched alkanes of at least 4 members (excludes halogenated alkanes) is 2. The number of non-ortho nitro benzene ring substituents is 1. The summed E-state index contributed by atoms with van der Waals surface area (Å²) >= 11 is 0. The van der Waals surface area contributed by atoms with E-state index in [1.54, 1.807) is 0 Å². The van der Waals surface area contributed by atoms with Gasteiger partial charge in [-0.05, 0) is 26.3 Å². The molecule has 21 heavy (non-hydrogen) atoms. The smallest absolute Gasteiger partial charge is 0.338 e. The van der Waals surface area contributed by atoms with E-state index in [-0.39, 0.29) is 17.3 Å². The highest BCUT2D eigenvalue weighted by molar-refractivity contribution is 5.95. The van der Waals surface area contributed by atoms with Gasteiger partial charge in [0.05, 0.1) is 16.2 Å². The van der Waals surface area contributed by atoms with Crippen LogP contribution in [-0.4, -0.2) is 28.6 Å². The van der Waals surface area contributed by atoms with Gasteiger partial charge in [-0.3, -0.25) is 10.1 Å². The van der Waals surface area contributed by atoms with E-state index < -0.39 is 10.9 Å². The Kier molecular flexibility index (Phi) is 6.14. The van der Waals surface area contributed by atoms with Gasteiger partial charge in [0.25, 0.3) is 5.69 Å². The van der Waals surface area contributed by atoms with Crippen LogP contribution in [0.3, 0.4) is 0 Å². The maximum atomic E-state index is 11.4. The maximum absolute atomic E-state index is 11.4. The molecule has 1 aromatic rings. The Morgan fingerprint density at radius 3 is 2.52 bits per heavy atom. The average Bonchev–Trinajstić information content (AvgIpc) is 2.42. The van der Waals surface area contributed by atoms with Crippen molar-refractivity contribution in [1.82, 2.24) is 0 Å². The standard InChI is InChI=1S/C15H22N2O4/c1-4-5-6-9-16(11(2)3)14-8-7-12(17(20)21)10-13(14)15(18)19/h7-8,10-11H,4-6,9H2,1-3H3,(H,18,19). The van der Waals surface area contributed by atoms with Crippen LogP contribution in [0.1, 0.15) is 50.4 Å². The van der Waals surface area contributed by atoms with E-state index in [4.69, 9.17) is 0 Å². The zero-order chi connectivity index (χ0) is 16.0. The molecule has 1 N–H and O–H groups in total. The molecule has 0 atom stereocenters. The minimum absolute atomic E-state index is 0.0191. The number of nitro benzene ring substituents is 1. The summed E-state index contributed by atoms with van der Waals surface area (Å²) in [5.41, 5.74) is 0.321. The van der Waals surface area contributed by atoms with Crippen LogP contribution in [0.2, 0.25) is 0 Å². The van der Waals surface area contributed by atoms with Crippen molar-refractivity contribution >= 4 is 17.3 Å². The molecule has 0 unspecified atom stereocenters. The van der Waals surface area contributed by atoms with Crippen LogP contribution in [-0.2, 0) is 0 Å². The van der Waals surface area contributed by atoms with Crippen molar-refractivity contribution in [1.29, 1.82) is 0 Å². The summed E-state index contributed by atoms with van der Waals surface area (Å²) in [5, 5.41) is 20.1. The van der Waals surface area contributed by atoms with Gasteiger partial charge in [0.15, 0.2) is 0 Å². The lowest BCUT2D eigenvalue weighted by atomic mass is 10.1. The number of nitrogens with zero attached hydrogens (tertiary/aromatic N) is 2. The van der Waals surface area contributed by atoms with E-state index in [9.17, 15) is 20.0 Å². The number of carbonyl (C=O) groups is 1. The van der Waals surface area contributed by atoms with Gasteiger partial charge in [-0.25, -0.2) is 4.79 Å². The molecular weight excluding hydrogens is 272 g/mol. The van der Waals surface area contributed by atoms with Crippen LogP contribution < -0.4 is 4.90 Å². The first-order valence-corrected chi connectivity index (χ1v) is 7.16. The Morgan fingerprint density at radius 2 is 2.05 bits per heavy atom. The minimum atomic E-state index is -1.14. The number of anilines is 1. The highest BCUT2D eigenvalue weighted by Crippen LogP contribution is 2.27. The number of hydrogen-bond donors (Lipinski definition) is 1. The summed E-state index contributed by atoms with van der Waals surface area (Å²) in [6.07, 6.45) is 3.11. The fraction of sp³-hybridized carbons (Fsp3) is 0.533. The number of aromatic carboxylic acids is 1. The summed E-state index contributed by atoms with van der Waals surface area (Å²) in [7, 11) is 0. The predicted octanol–water partition coefficient (Wildman–Crippen LogP) is 3.70. The molecule has 0 saturated heterocycles. The van der Waals surface area contributed by atoms with Crippen molar-refractivity contribution in [2.75, 3.05) is 11.4 Å². The normalized spacial score (nSPS) is 10.7. The van der Waals surface area contributed by atoms with Crippen molar-refractivity contribution in [3.8, 4) is 0 Å². The van der Waals surface area contributed by atoms with E-state index in [1.807, 2.05) is 18.7 Å². The maximum Gasteiger partial charge on any atom is 0.338 e. The van der Waals surface area contributed by atoms with E-state index in [0.717, 1.165) is 31.9 Å². The molecule has 1 aromatic carbocycles. The zero-order valence-electron chi connectivity index (χ0n) is 12.7. The first-order chi connectivity index (χ1) is 9.88. The van der Waals surface area contributed by atoms with Crippen molar-refractivity contribution in [3.63, 3.8) is 0 Å². The summed E-state index contributed by atoms with van der Waals surface area (Å²) in [4.78, 5) is 23.6. The lowest BCUT2D eigenvalue weighted by Gasteiger charge is -2.30. The molecule has 0 aliphatic carbocycles. The van der Waals surface area contributed by atoms with Gasteiger partial charge in [-0.15, -0.1) is 0 Å². The Labute approximate surface area is 124 Å². The summed E-state index contributed by atoms with van der Waals surface area (Å²) in [6, 6.07) is 4.15. The van der Waals surface area contributed by atoms with Gasteiger partial charge in [0.2, 0.25) is 0 Å². The number of hydrogen-bond acceptors (Lipinski definition) is 4. The molecule has 0 bridgehead atoms. The molecule has 116 valence electrons. The fourth-order valence-corrected chi connectivity index (χ4v) is 2.25. The van der Waals surface area contributed by atoms with Gasteiger partial charge in [-0.2, -0.15) is 0 Å². The third-order valence-electron chi connectivity index (χ3n) is 3.36. The van der Waals surface area contributed by atoms with E-state index in [1.165, 1.54) is 12.1 Å². The highest BCUT2D eigenvalue weighted by Gasteiger charge is 2.21. The minimum Gasteiger partial charge on any atom is -0.478 e. The number of rotatable bonds is 8. The van der Waals surface area contributed by atoms with Gasteiger partial charge in [-0.1, -0.05) is 19.8 Å². The van der Waals surface area contributed by atoms with Crippen LogP contribution in [0, 0.1) is 10.1 Å². The van der Waals surface area contributed by atoms with E-state index in [0.29, 0.717) is 5.69 Å². The molecule has 0 spiro atoms. The molecule has 6 nitrogen and oxygen atoms in total. The largest absolute Gasteiger partial charge is 0.478 e. The molecule has 0 fully saturated rings. The lowest BCUT2D eigenvalue weighted by molar-refractivity contribution is -0.384. The van der Waals surface area contributed by atoms with Crippen molar-refractivity contribution < 1.29 is 14.8 Å². The molecule has 0 aliphatic rings. The van der Waals surface area contributed by atoms with Crippen molar-refractivity contribution in [2.24, 2.45) is 0 Å². The summed E-state index contributed by atoms with van der Waals surface area (Å²) in [6.45, 7) is 6.82. The Hall–Kier alpha value is -2.11. The molecular formula is C15H22N2O4. The quantitative estimate of drug-likeness (QED) is 0.449. The monoisotopic (exact) mass is 294 g/mol. The first kappa shape index (κ1) is 16.9. The molecule has 0 heterocycles. The second kappa shape index (κ2) is 7.61. The van der Waals surface area contributed by atoms with Crippen LogP contribution in [0.15, 0.2) is 18.2 Å². The Balaban J connectivity index is 3.17. The fourth-order valence-electron chi connectivity index (χ4n) is 2.25. The van der Waals surface area contributed by atoms with Crippen molar-refractivity contribution in [3.05, 3.63) is 33.9 Å². The molecule has 0 amide bonds. The second-order valence-corrected chi connectivity index (χ2v) is 5.26. The third-order valence-corrected chi connectivity index (χ3v) is 3.36. The second-order valence-electron chi connectivity index (χ2n) is 5.26. The first-order valence-electron chi connectivity index (χ1n) is 7.16. The third kappa shape index (κ3) is 4.44. The summed E-state index contributed by atoms with van der Waals surface area (Å²) in [5.74, 6) is -1.14.